The van der Waals surface area contributed by atoms with Crippen LogP contribution in [-0.4, -0.2) is 35.6 Å². The first kappa shape index (κ1) is 13.3. The van der Waals surface area contributed by atoms with Crippen LogP contribution < -0.4 is 4.74 Å². The van der Waals surface area contributed by atoms with E-state index in [0.29, 0.717) is 17.4 Å². The average molecular weight is 275 g/mol. The number of benzene rings is 1. The fourth-order valence-electron chi connectivity index (χ4n) is 3.42. The molecule has 108 valence electrons. The summed E-state index contributed by atoms with van der Waals surface area (Å²) in [5, 5.41) is 9.89. The number of carbonyl (C=O) groups is 1. The molecule has 1 aromatic rings. The van der Waals surface area contributed by atoms with Gasteiger partial charge >= 0.3 is 0 Å². The highest BCUT2D eigenvalue weighted by atomic mass is 16.5. The fraction of sp³-hybridized carbons (Fsp3) is 0.562. The Balaban J connectivity index is 1.88. The van der Waals surface area contributed by atoms with Crippen molar-refractivity contribution in [3.8, 4) is 11.5 Å². The molecule has 1 saturated carbocycles. The minimum Gasteiger partial charge on any atom is -0.504 e. The van der Waals surface area contributed by atoms with Crippen LogP contribution in [0.3, 0.4) is 0 Å². The van der Waals surface area contributed by atoms with Crippen LogP contribution in [0.1, 0.15) is 48.0 Å². The van der Waals surface area contributed by atoms with Crippen LogP contribution in [0.25, 0.3) is 0 Å². The van der Waals surface area contributed by atoms with Gasteiger partial charge in [0, 0.05) is 18.2 Å². The third-order valence-electron chi connectivity index (χ3n) is 4.53. The van der Waals surface area contributed by atoms with E-state index < -0.39 is 0 Å². The summed E-state index contributed by atoms with van der Waals surface area (Å²) in [4.78, 5) is 14.6. The first-order valence-corrected chi connectivity index (χ1v) is 7.41. The summed E-state index contributed by atoms with van der Waals surface area (Å²) in [6.45, 7) is 0.782. The number of methoxy groups -OCH3 is 1. The molecule has 0 aromatic heterocycles. The van der Waals surface area contributed by atoms with Crippen LogP contribution in [0.4, 0.5) is 0 Å². The number of rotatable bonds is 2. The molecule has 0 spiro atoms. The molecule has 1 amide bonds. The van der Waals surface area contributed by atoms with Crippen molar-refractivity contribution in [1.29, 1.82) is 0 Å². The highest BCUT2D eigenvalue weighted by molar-refractivity contribution is 5.97. The zero-order valence-electron chi connectivity index (χ0n) is 11.9. The summed E-state index contributed by atoms with van der Waals surface area (Å²) in [6.07, 6.45) is 6.79. The van der Waals surface area contributed by atoms with E-state index in [9.17, 15) is 9.90 Å². The van der Waals surface area contributed by atoms with Crippen LogP contribution in [0.2, 0.25) is 0 Å². The number of hydrogen-bond acceptors (Lipinski definition) is 3. The molecule has 0 radical (unpaired) electrons. The highest BCUT2D eigenvalue weighted by Crippen LogP contribution is 2.34. The molecule has 4 nitrogen and oxygen atoms in total. The third kappa shape index (κ3) is 2.23. The maximum absolute atomic E-state index is 12.6. The van der Waals surface area contributed by atoms with Crippen molar-refractivity contribution in [2.24, 2.45) is 0 Å². The van der Waals surface area contributed by atoms with Gasteiger partial charge in [-0.05, 0) is 37.0 Å². The van der Waals surface area contributed by atoms with Crippen molar-refractivity contribution in [2.75, 3.05) is 13.7 Å². The summed E-state index contributed by atoms with van der Waals surface area (Å²) in [6, 6.07) is 3.74. The maximum atomic E-state index is 12.6. The second kappa shape index (κ2) is 5.35. The van der Waals surface area contributed by atoms with Crippen LogP contribution >= 0.6 is 0 Å². The molecule has 1 aliphatic carbocycles. The number of fused-ring (bicyclic) bond motifs is 1. The number of ether oxygens (including phenoxy) is 1. The Morgan fingerprint density at radius 3 is 2.70 bits per heavy atom. The predicted octanol–water partition coefficient (Wildman–Crippen LogP) is 2.73. The summed E-state index contributed by atoms with van der Waals surface area (Å²) in [7, 11) is 1.53. The number of phenols is 1. The molecule has 3 rings (SSSR count). The fourth-order valence-corrected chi connectivity index (χ4v) is 3.42. The molecule has 0 unspecified atom stereocenters. The van der Waals surface area contributed by atoms with Gasteiger partial charge in [-0.15, -0.1) is 0 Å². The van der Waals surface area contributed by atoms with Crippen LogP contribution in [-0.2, 0) is 6.42 Å². The van der Waals surface area contributed by atoms with Gasteiger partial charge in [0.1, 0.15) is 0 Å². The van der Waals surface area contributed by atoms with E-state index >= 15 is 0 Å². The van der Waals surface area contributed by atoms with Crippen molar-refractivity contribution >= 4 is 5.91 Å². The molecule has 1 fully saturated rings. The van der Waals surface area contributed by atoms with Gasteiger partial charge in [-0.3, -0.25) is 4.79 Å². The summed E-state index contributed by atoms with van der Waals surface area (Å²) in [5.74, 6) is 0.559. The number of nitrogens with zero attached hydrogens (tertiary/aromatic N) is 1. The van der Waals surface area contributed by atoms with E-state index in [-0.39, 0.29) is 11.7 Å². The van der Waals surface area contributed by atoms with Gasteiger partial charge in [0.05, 0.1) is 7.11 Å². The Hall–Kier alpha value is -1.71. The predicted molar refractivity (Wildman–Crippen MR) is 76.3 cm³/mol. The topological polar surface area (TPSA) is 49.8 Å². The molecule has 1 heterocycles. The smallest absolute Gasteiger partial charge is 0.254 e. The Morgan fingerprint density at radius 1 is 1.25 bits per heavy atom. The molecule has 1 N–H and O–H groups in total. The van der Waals surface area contributed by atoms with E-state index in [1.165, 1.54) is 26.4 Å². The molecule has 20 heavy (non-hydrogen) atoms. The average Bonchev–Trinajstić information content (AvgIpc) is 2.48. The van der Waals surface area contributed by atoms with Crippen LogP contribution in [0.15, 0.2) is 12.1 Å². The van der Waals surface area contributed by atoms with E-state index in [4.69, 9.17) is 4.74 Å². The third-order valence-corrected chi connectivity index (χ3v) is 4.53. The molecule has 1 aromatic carbocycles. The van der Waals surface area contributed by atoms with E-state index in [2.05, 4.69) is 0 Å². The van der Waals surface area contributed by atoms with Gasteiger partial charge in [-0.25, -0.2) is 0 Å². The first-order valence-electron chi connectivity index (χ1n) is 7.41. The lowest BCUT2D eigenvalue weighted by Gasteiger charge is -2.37. The Kier molecular flexibility index (Phi) is 3.55. The Labute approximate surface area is 119 Å². The number of carbonyl (C=O) groups excluding carboxylic acids is 1. The summed E-state index contributed by atoms with van der Waals surface area (Å²) in [5.41, 5.74) is 1.62. The van der Waals surface area contributed by atoms with Crippen molar-refractivity contribution in [3.63, 3.8) is 0 Å². The highest BCUT2D eigenvalue weighted by Gasteiger charge is 2.31. The SMILES string of the molecule is COc1cc2c(cc1O)C(=O)N(C1CCCCC1)CC2. The normalized spacial score (nSPS) is 19.9. The van der Waals surface area contributed by atoms with Crippen LogP contribution in [0, 0.1) is 0 Å². The molecule has 4 heteroatoms. The van der Waals surface area contributed by atoms with Crippen molar-refractivity contribution in [2.45, 2.75) is 44.6 Å². The maximum Gasteiger partial charge on any atom is 0.254 e. The molecule has 0 atom stereocenters. The number of phenolic OH excluding ortho intramolecular Hbond substituents is 1. The Morgan fingerprint density at radius 2 is 2.00 bits per heavy atom. The lowest BCUT2D eigenvalue weighted by Crippen LogP contribution is -2.45. The second-order valence-electron chi connectivity index (χ2n) is 5.72. The molecular formula is C16H21NO3. The second-order valence-corrected chi connectivity index (χ2v) is 5.72. The molecule has 0 saturated heterocycles. The zero-order valence-corrected chi connectivity index (χ0v) is 11.9. The molecule has 0 bridgehead atoms. The van der Waals surface area contributed by atoms with Gasteiger partial charge in [-0.1, -0.05) is 19.3 Å². The first-order chi connectivity index (χ1) is 9.70. The zero-order chi connectivity index (χ0) is 14.1. The standard InChI is InChI=1S/C16H21NO3/c1-20-15-9-11-7-8-17(12-5-3-2-4-6-12)16(19)13(11)10-14(15)18/h9-10,12,18H,2-8H2,1H3. The largest absolute Gasteiger partial charge is 0.504 e. The molecule has 1 aliphatic heterocycles. The van der Waals surface area contributed by atoms with E-state index in [0.717, 1.165) is 31.4 Å². The minimum atomic E-state index is 0.0464. The summed E-state index contributed by atoms with van der Waals surface area (Å²) < 4.78 is 5.11. The minimum absolute atomic E-state index is 0.0464. The number of hydrogen-bond donors (Lipinski definition) is 1. The van der Waals surface area contributed by atoms with Crippen LogP contribution in [0.5, 0.6) is 11.5 Å². The van der Waals surface area contributed by atoms with Crippen molar-refractivity contribution in [3.05, 3.63) is 23.3 Å². The molecular weight excluding hydrogens is 254 g/mol. The van der Waals surface area contributed by atoms with Crippen molar-refractivity contribution < 1.29 is 14.6 Å². The van der Waals surface area contributed by atoms with Gasteiger partial charge in [0.2, 0.25) is 0 Å². The molecule has 2 aliphatic rings. The number of amides is 1. The van der Waals surface area contributed by atoms with Gasteiger partial charge in [0.25, 0.3) is 5.91 Å². The van der Waals surface area contributed by atoms with Gasteiger partial charge in [0.15, 0.2) is 11.5 Å². The number of aromatic hydroxyl groups is 1. The Bertz CT molecular complexity index is 521. The van der Waals surface area contributed by atoms with Crippen molar-refractivity contribution in [1.82, 2.24) is 4.90 Å². The van der Waals surface area contributed by atoms with Gasteiger partial charge in [-0.2, -0.15) is 0 Å². The van der Waals surface area contributed by atoms with E-state index in [1.54, 1.807) is 12.1 Å². The summed E-state index contributed by atoms with van der Waals surface area (Å²) >= 11 is 0. The van der Waals surface area contributed by atoms with Gasteiger partial charge < -0.3 is 14.7 Å². The monoisotopic (exact) mass is 275 g/mol. The quantitative estimate of drug-likeness (QED) is 0.903. The lowest BCUT2D eigenvalue weighted by molar-refractivity contribution is 0.0614. The van der Waals surface area contributed by atoms with E-state index in [1.807, 2.05) is 4.90 Å². The lowest BCUT2D eigenvalue weighted by atomic mass is 9.90.